The molecular weight excluding hydrogens is 116 g/mol. The minimum Gasteiger partial charge on any atom is -0.177 e. The number of hydrogen-bond acceptors (Lipinski definition) is 3. The maximum Gasteiger partial charge on any atom is 0.161 e. The Labute approximate surface area is 49.2 Å². The van der Waals surface area contributed by atoms with Crippen LogP contribution in [0.4, 0.5) is 0 Å². The van der Waals surface area contributed by atoms with Gasteiger partial charge in [-0.25, -0.2) is 0 Å². The number of tetrazole rings is 1. The second-order valence-electron chi connectivity index (χ2n) is 0.560. The number of aromatic amines is 1. The van der Waals surface area contributed by atoms with Crippen LogP contribution in [0.3, 0.4) is 0 Å². The van der Waals surface area contributed by atoms with Crippen molar-refractivity contribution >= 4 is 0 Å². The van der Waals surface area contributed by atoms with Gasteiger partial charge < -0.3 is 0 Å². The topological polar surface area (TPSA) is 54.5 Å². The van der Waals surface area contributed by atoms with E-state index in [1.54, 1.807) is 0 Å². The van der Waals surface area contributed by atoms with E-state index < -0.39 is 0 Å². The number of aromatic nitrogens is 4. The average molecular weight is 118 g/mol. The van der Waals surface area contributed by atoms with E-state index in [2.05, 4.69) is 20.6 Å². The second kappa shape index (κ2) is 2.99. The van der Waals surface area contributed by atoms with Gasteiger partial charge in [-0.1, -0.05) is 5.21 Å². The Morgan fingerprint density at radius 2 is 2.33 bits per heavy atom. The fourth-order valence-corrected chi connectivity index (χ4v) is 0.129. The molecule has 0 saturated heterocycles. The van der Waals surface area contributed by atoms with Crippen molar-refractivity contribution in [1.82, 2.24) is 20.6 Å². The monoisotopic (exact) mass is 118 g/mol. The van der Waals surface area contributed by atoms with Gasteiger partial charge in [-0.3, -0.25) is 0 Å². The van der Waals surface area contributed by atoms with E-state index in [1.165, 1.54) is 6.33 Å². The second-order valence-corrected chi connectivity index (χ2v) is 0.560. The van der Waals surface area contributed by atoms with Crippen LogP contribution in [-0.2, 0) is 21.7 Å². The molecule has 4 nitrogen and oxygen atoms in total. The molecule has 1 aromatic heterocycles. The predicted octanol–water partition coefficient (Wildman–Crippen LogP) is -0.803. The maximum atomic E-state index is 3.38. The number of nitrogens with one attached hydrogen (secondary N) is 1. The molecule has 0 saturated carbocycles. The average Bonchev–Trinajstić information content (AvgIpc) is 1.76. The largest absolute Gasteiger partial charge is 0.177 e. The van der Waals surface area contributed by atoms with Crippen LogP contribution in [0.2, 0.25) is 0 Å². The Morgan fingerprint density at radius 1 is 1.50 bits per heavy atom. The molecule has 1 heterocycles. The van der Waals surface area contributed by atoms with Gasteiger partial charge in [0.1, 0.15) is 0 Å². The summed E-state index contributed by atoms with van der Waals surface area (Å²) in [6.07, 6.45) is 1.33. The summed E-state index contributed by atoms with van der Waals surface area (Å²) in [6.45, 7) is 0. The van der Waals surface area contributed by atoms with Crippen LogP contribution in [-0.4, -0.2) is 20.6 Å². The molecule has 5 heteroatoms. The van der Waals surface area contributed by atoms with E-state index in [9.17, 15) is 0 Å². The third-order valence-electron chi connectivity index (χ3n) is 0.270. The van der Waals surface area contributed by atoms with Crippen molar-refractivity contribution < 1.29 is 21.7 Å². The van der Waals surface area contributed by atoms with Crippen LogP contribution in [0.1, 0.15) is 0 Å². The van der Waals surface area contributed by atoms with Crippen molar-refractivity contribution in [3.05, 3.63) is 6.33 Å². The van der Waals surface area contributed by atoms with Crippen LogP contribution < -0.4 is 0 Å². The quantitative estimate of drug-likeness (QED) is 0.453. The normalized spacial score (nSPS) is 6.67. The van der Waals surface area contributed by atoms with E-state index in [1.807, 2.05) is 0 Å². The Hall–Kier alpha value is -0.216. The summed E-state index contributed by atoms with van der Waals surface area (Å²) >= 11 is 0. The summed E-state index contributed by atoms with van der Waals surface area (Å²) in [5.41, 5.74) is 0. The van der Waals surface area contributed by atoms with Gasteiger partial charge in [0.05, 0.1) is 0 Å². The SMILES string of the molecule is [Ti].c1nn[nH]n1. The minimum atomic E-state index is 0. The standard InChI is InChI=1S/CH2N4.Ti/c1-2-4-5-3-1;/h1H,(H,2,3,4,5);. The molecule has 0 aliphatic carbocycles. The Bertz CT molecular complexity index is 64.0. The predicted molar refractivity (Wildman–Crippen MR) is 14.2 cm³/mol. The third-order valence-corrected chi connectivity index (χ3v) is 0.270. The zero-order valence-corrected chi connectivity index (χ0v) is 4.48. The molecule has 0 spiro atoms. The maximum absolute atomic E-state index is 3.38. The zero-order chi connectivity index (χ0) is 3.54. The van der Waals surface area contributed by atoms with Crippen molar-refractivity contribution in [3.8, 4) is 0 Å². The summed E-state index contributed by atoms with van der Waals surface area (Å²) in [4.78, 5) is 0. The van der Waals surface area contributed by atoms with Crippen molar-refractivity contribution in [2.45, 2.75) is 0 Å². The molecule has 1 rings (SSSR count). The smallest absolute Gasteiger partial charge is 0.161 e. The molecule has 0 aromatic carbocycles. The van der Waals surface area contributed by atoms with E-state index >= 15 is 0 Å². The van der Waals surface area contributed by atoms with Crippen molar-refractivity contribution in [3.63, 3.8) is 0 Å². The molecule has 0 atom stereocenters. The van der Waals surface area contributed by atoms with Crippen LogP contribution in [0, 0.1) is 0 Å². The number of rotatable bonds is 0. The van der Waals surface area contributed by atoms with Gasteiger partial charge >= 0.3 is 0 Å². The first-order valence-corrected chi connectivity index (χ1v) is 1.16. The van der Waals surface area contributed by atoms with Gasteiger partial charge in [-0.2, -0.15) is 5.21 Å². The van der Waals surface area contributed by atoms with Crippen LogP contribution >= 0.6 is 0 Å². The van der Waals surface area contributed by atoms with E-state index in [0.29, 0.717) is 0 Å². The van der Waals surface area contributed by atoms with Crippen LogP contribution in [0.15, 0.2) is 6.33 Å². The first-order valence-electron chi connectivity index (χ1n) is 1.16. The molecule has 0 radical (unpaired) electrons. The number of H-pyrrole nitrogens is 1. The summed E-state index contributed by atoms with van der Waals surface area (Å²) in [5, 5.41) is 12.2. The van der Waals surface area contributed by atoms with E-state index in [0.717, 1.165) is 0 Å². The van der Waals surface area contributed by atoms with Gasteiger partial charge in [0.25, 0.3) is 0 Å². The van der Waals surface area contributed by atoms with E-state index in [4.69, 9.17) is 0 Å². The number of hydrogen-bond donors (Lipinski definition) is 1. The first kappa shape index (κ1) is 5.78. The summed E-state index contributed by atoms with van der Waals surface area (Å²) in [7, 11) is 0. The molecule has 0 aliphatic rings. The fourth-order valence-electron chi connectivity index (χ4n) is 0.129. The molecule has 30 valence electrons. The van der Waals surface area contributed by atoms with Gasteiger partial charge in [-0.15, -0.1) is 10.2 Å². The fraction of sp³-hybridized carbons (Fsp3) is 0. The summed E-state index contributed by atoms with van der Waals surface area (Å²) < 4.78 is 0. The Balaban J connectivity index is 0.000000250. The molecule has 1 N–H and O–H groups in total. The van der Waals surface area contributed by atoms with Crippen LogP contribution in [0.5, 0.6) is 0 Å². The molecule has 0 amide bonds. The molecule has 1 aromatic rings. The third kappa shape index (κ3) is 1.28. The molecule has 0 bridgehead atoms. The molecule has 0 fully saturated rings. The Morgan fingerprint density at radius 3 is 2.50 bits per heavy atom. The van der Waals surface area contributed by atoms with Crippen molar-refractivity contribution in [1.29, 1.82) is 0 Å². The number of nitrogens with zero attached hydrogens (tertiary/aromatic N) is 3. The summed E-state index contributed by atoms with van der Waals surface area (Å²) in [6, 6.07) is 0. The van der Waals surface area contributed by atoms with Crippen molar-refractivity contribution in [2.75, 3.05) is 0 Å². The van der Waals surface area contributed by atoms with Crippen LogP contribution in [0.25, 0.3) is 0 Å². The van der Waals surface area contributed by atoms with Gasteiger partial charge in [0, 0.05) is 21.7 Å². The summed E-state index contributed by atoms with van der Waals surface area (Å²) in [5.74, 6) is 0. The van der Waals surface area contributed by atoms with Gasteiger partial charge in [0.15, 0.2) is 6.33 Å². The van der Waals surface area contributed by atoms with Gasteiger partial charge in [-0.05, 0) is 0 Å². The zero-order valence-electron chi connectivity index (χ0n) is 2.92. The molecule has 0 aliphatic heterocycles. The van der Waals surface area contributed by atoms with E-state index in [-0.39, 0.29) is 21.7 Å². The Kier molecular flexibility index (Phi) is 2.89. The molecule has 6 heavy (non-hydrogen) atoms. The van der Waals surface area contributed by atoms with Gasteiger partial charge in [0.2, 0.25) is 0 Å². The first-order chi connectivity index (χ1) is 2.50. The molecular formula is CH2N4Ti. The van der Waals surface area contributed by atoms with Crippen molar-refractivity contribution in [2.24, 2.45) is 0 Å². The molecule has 0 unspecified atom stereocenters. The minimum absolute atomic E-state index is 0.